The van der Waals surface area contributed by atoms with Crippen LogP contribution >= 0.6 is 11.3 Å². The molecule has 0 aliphatic rings. The summed E-state index contributed by atoms with van der Waals surface area (Å²) in [5, 5.41) is 6.89. The van der Waals surface area contributed by atoms with Crippen molar-refractivity contribution >= 4 is 11.3 Å². The van der Waals surface area contributed by atoms with E-state index < -0.39 is 0 Å². The lowest BCUT2D eigenvalue weighted by atomic mass is 10.1. The molecule has 0 radical (unpaired) electrons. The van der Waals surface area contributed by atoms with Crippen LogP contribution in [0.5, 0.6) is 0 Å². The molecule has 0 fully saturated rings. The summed E-state index contributed by atoms with van der Waals surface area (Å²) in [5.41, 5.74) is 2.49. The van der Waals surface area contributed by atoms with Crippen LogP contribution in [-0.4, -0.2) is 17.6 Å². The number of rotatable bonds is 6. The zero-order valence-corrected chi connectivity index (χ0v) is 11.5. The van der Waals surface area contributed by atoms with Crippen molar-refractivity contribution in [2.45, 2.75) is 46.6 Å². The summed E-state index contributed by atoms with van der Waals surface area (Å²) in [6.45, 7) is 9.61. The fourth-order valence-corrected chi connectivity index (χ4v) is 2.44. The Hall–Kier alpha value is -0.670. The topological polar surface area (TPSA) is 24.9 Å². The van der Waals surface area contributed by atoms with Gasteiger partial charge in [-0.15, -0.1) is 11.3 Å². The number of allylic oxidation sites excluding steroid dienone is 1. The summed E-state index contributed by atoms with van der Waals surface area (Å²) < 4.78 is 0. The third-order valence-electron chi connectivity index (χ3n) is 2.25. The van der Waals surface area contributed by atoms with Crippen molar-refractivity contribution in [1.82, 2.24) is 10.3 Å². The Morgan fingerprint density at radius 1 is 1.56 bits per heavy atom. The molecular weight excluding hydrogens is 216 g/mol. The van der Waals surface area contributed by atoms with Gasteiger partial charge >= 0.3 is 0 Å². The maximum absolute atomic E-state index is 4.52. The lowest BCUT2D eigenvalue weighted by Crippen LogP contribution is -2.30. The Morgan fingerprint density at radius 3 is 2.81 bits per heavy atom. The summed E-state index contributed by atoms with van der Waals surface area (Å²) in [4.78, 5) is 4.52. The standard InChI is InChI=1S/C13H22N2S/c1-5-6-14-12(7-10(2)3)8-13-15-11(4)9-16-13/h7,9,12,14H,5-6,8H2,1-4H3. The smallest absolute Gasteiger partial charge is 0.0946 e. The van der Waals surface area contributed by atoms with Crippen molar-refractivity contribution in [3.05, 3.63) is 27.7 Å². The van der Waals surface area contributed by atoms with Crippen molar-refractivity contribution in [3.63, 3.8) is 0 Å². The molecule has 0 aliphatic heterocycles. The van der Waals surface area contributed by atoms with E-state index in [9.17, 15) is 0 Å². The third kappa shape index (κ3) is 4.90. The molecule has 16 heavy (non-hydrogen) atoms. The minimum Gasteiger partial charge on any atom is -0.310 e. The van der Waals surface area contributed by atoms with E-state index in [4.69, 9.17) is 0 Å². The number of aryl methyl sites for hydroxylation is 1. The molecule has 0 spiro atoms. The van der Waals surface area contributed by atoms with Gasteiger partial charge in [0.15, 0.2) is 0 Å². The Labute approximate surface area is 103 Å². The molecule has 1 N–H and O–H groups in total. The van der Waals surface area contributed by atoms with Crippen LogP contribution in [0, 0.1) is 6.92 Å². The average molecular weight is 238 g/mol. The van der Waals surface area contributed by atoms with Crippen LogP contribution in [-0.2, 0) is 6.42 Å². The van der Waals surface area contributed by atoms with Gasteiger partial charge < -0.3 is 5.32 Å². The molecule has 1 atom stereocenters. The Morgan fingerprint density at radius 2 is 2.31 bits per heavy atom. The highest BCUT2D eigenvalue weighted by Crippen LogP contribution is 2.12. The predicted molar refractivity (Wildman–Crippen MR) is 72.1 cm³/mol. The fourth-order valence-electron chi connectivity index (χ4n) is 1.61. The second-order valence-corrected chi connectivity index (χ2v) is 5.33. The van der Waals surface area contributed by atoms with Crippen molar-refractivity contribution in [2.24, 2.45) is 0 Å². The lowest BCUT2D eigenvalue weighted by molar-refractivity contribution is 0.581. The first-order valence-corrected chi connectivity index (χ1v) is 6.79. The van der Waals surface area contributed by atoms with Gasteiger partial charge in [0.2, 0.25) is 0 Å². The first-order valence-electron chi connectivity index (χ1n) is 5.91. The minimum atomic E-state index is 0.426. The summed E-state index contributed by atoms with van der Waals surface area (Å²) in [7, 11) is 0. The number of thiazole rings is 1. The van der Waals surface area contributed by atoms with Crippen molar-refractivity contribution in [3.8, 4) is 0 Å². The number of nitrogens with one attached hydrogen (secondary N) is 1. The predicted octanol–water partition coefficient (Wildman–Crippen LogP) is 3.33. The molecule has 1 rings (SSSR count). The Bertz CT molecular complexity index is 337. The molecule has 0 aliphatic carbocycles. The number of nitrogens with zero attached hydrogens (tertiary/aromatic N) is 1. The minimum absolute atomic E-state index is 0.426. The molecule has 90 valence electrons. The van der Waals surface area contributed by atoms with Crippen molar-refractivity contribution < 1.29 is 0 Å². The van der Waals surface area contributed by atoms with Gasteiger partial charge in [-0.25, -0.2) is 4.98 Å². The molecule has 1 aromatic rings. The molecule has 0 amide bonds. The molecular formula is C13H22N2S. The fraction of sp³-hybridized carbons (Fsp3) is 0.615. The van der Waals surface area contributed by atoms with Crippen molar-refractivity contribution in [1.29, 1.82) is 0 Å². The first-order chi connectivity index (χ1) is 7.61. The molecule has 2 nitrogen and oxygen atoms in total. The van der Waals surface area contributed by atoms with E-state index in [0.29, 0.717) is 6.04 Å². The van der Waals surface area contributed by atoms with Crippen LogP contribution in [0.2, 0.25) is 0 Å². The Balaban J connectivity index is 2.59. The molecule has 3 heteroatoms. The van der Waals surface area contributed by atoms with Crippen LogP contribution in [0.3, 0.4) is 0 Å². The van der Waals surface area contributed by atoms with E-state index in [-0.39, 0.29) is 0 Å². The van der Waals surface area contributed by atoms with Gasteiger partial charge in [0.25, 0.3) is 0 Å². The third-order valence-corrected chi connectivity index (χ3v) is 3.24. The second kappa shape index (κ2) is 6.81. The van der Waals surface area contributed by atoms with Crippen LogP contribution in [0.4, 0.5) is 0 Å². The monoisotopic (exact) mass is 238 g/mol. The van der Waals surface area contributed by atoms with E-state index >= 15 is 0 Å². The highest BCUT2D eigenvalue weighted by atomic mass is 32.1. The number of hydrogen-bond acceptors (Lipinski definition) is 3. The maximum Gasteiger partial charge on any atom is 0.0946 e. The van der Waals surface area contributed by atoms with E-state index in [0.717, 1.165) is 18.7 Å². The van der Waals surface area contributed by atoms with Gasteiger partial charge in [-0.3, -0.25) is 0 Å². The lowest BCUT2D eigenvalue weighted by Gasteiger charge is -2.13. The molecule has 0 aromatic carbocycles. The molecule has 0 bridgehead atoms. The van der Waals surface area contributed by atoms with E-state index in [1.54, 1.807) is 11.3 Å². The SMILES string of the molecule is CCCNC(C=C(C)C)Cc1nc(C)cs1. The largest absolute Gasteiger partial charge is 0.310 e. The van der Waals surface area contributed by atoms with Crippen molar-refractivity contribution in [2.75, 3.05) is 6.54 Å². The van der Waals surface area contributed by atoms with Crippen LogP contribution in [0.1, 0.15) is 37.9 Å². The molecule has 1 unspecified atom stereocenters. The van der Waals surface area contributed by atoms with Gasteiger partial charge in [0.05, 0.1) is 5.01 Å². The molecule has 0 saturated carbocycles. The normalized spacial score (nSPS) is 12.5. The van der Waals surface area contributed by atoms with E-state index in [1.807, 2.05) is 0 Å². The summed E-state index contributed by atoms with van der Waals surface area (Å²) in [6, 6.07) is 0.426. The summed E-state index contributed by atoms with van der Waals surface area (Å²) in [5.74, 6) is 0. The maximum atomic E-state index is 4.52. The van der Waals surface area contributed by atoms with Crippen LogP contribution in [0.25, 0.3) is 0 Å². The van der Waals surface area contributed by atoms with Gasteiger partial charge in [0.1, 0.15) is 0 Å². The second-order valence-electron chi connectivity index (χ2n) is 4.39. The highest BCUT2D eigenvalue weighted by molar-refractivity contribution is 7.09. The number of aromatic nitrogens is 1. The summed E-state index contributed by atoms with van der Waals surface area (Å²) >= 11 is 1.76. The zero-order chi connectivity index (χ0) is 12.0. The Kier molecular flexibility index (Phi) is 5.71. The molecule has 1 heterocycles. The average Bonchev–Trinajstić information content (AvgIpc) is 2.59. The quantitative estimate of drug-likeness (QED) is 0.769. The van der Waals surface area contributed by atoms with Crippen LogP contribution in [0.15, 0.2) is 17.0 Å². The van der Waals surface area contributed by atoms with Gasteiger partial charge in [-0.1, -0.05) is 18.6 Å². The zero-order valence-electron chi connectivity index (χ0n) is 10.7. The number of hydrogen-bond donors (Lipinski definition) is 1. The first kappa shape index (κ1) is 13.4. The van der Waals surface area contributed by atoms with Gasteiger partial charge in [-0.2, -0.15) is 0 Å². The molecule has 0 saturated heterocycles. The highest BCUT2D eigenvalue weighted by Gasteiger charge is 2.08. The summed E-state index contributed by atoms with van der Waals surface area (Å²) in [6.07, 6.45) is 4.47. The van der Waals surface area contributed by atoms with E-state index in [1.165, 1.54) is 17.0 Å². The van der Waals surface area contributed by atoms with E-state index in [2.05, 4.69) is 49.5 Å². The van der Waals surface area contributed by atoms with Gasteiger partial charge in [-0.05, 0) is 33.7 Å². The molecule has 1 aromatic heterocycles. The van der Waals surface area contributed by atoms with Gasteiger partial charge in [0, 0.05) is 23.5 Å². The van der Waals surface area contributed by atoms with Crippen LogP contribution < -0.4 is 5.32 Å².